The lowest BCUT2D eigenvalue weighted by Gasteiger charge is -2.14. The number of aryl methyl sites for hydroxylation is 1. The highest BCUT2D eigenvalue weighted by Crippen LogP contribution is 2.21. The van der Waals surface area contributed by atoms with Crippen LogP contribution in [0.15, 0.2) is 30.5 Å². The fourth-order valence-electron chi connectivity index (χ4n) is 2.43. The molecular formula is C16H23N. The average Bonchev–Trinajstić information content (AvgIpc) is 2.78. The van der Waals surface area contributed by atoms with E-state index in [2.05, 4.69) is 55.8 Å². The molecule has 1 heterocycles. The van der Waals surface area contributed by atoms with Crippen LogP contribution in [0, 0.1) is 5.92 Å². The summed E-state index contributed by atoms with van der Waals surface area (Å²) in [6.07, 6.45) is 5.89. The van der Waals surface area contributed by atoms with Gasteiger partial charge in [0, 0.05) is 18.3 Å². The Morgan fingerprint density at radius 2 is 1.82 bits per heavy atom. The molecule has 0 N–H and O–H groups in total. The van der Waals surface area contributed by atoms with Crippen molar-refractivity contribution >= 4 is 10.9 Å². The Morgan fingerprint density at radius 1 is 1.06 bits per heavy atom. The first-order valence-corrected chi connectivity index (χ1v) is 6.86. The zero-order chi connectivity index (χ0) is 12.3. The number of aromatic nitrogens is 1. The van der Waals surface area contributed by atoms with E-state index in [9.17, 15) is 0 Å². The third kappa shape index (κ3) is 2.54. The number of rotatable bonds is 5. The van der Waals surface area contributed by atoms with Gasteiger partial charge in [-0.1, -0.05) is 45.7 Å². The Kier molecular flexibility index (Phi) is 3.88. The fourth-order valence-corrected chi connectivity index (χ4v) is 2.43. The van der Waals surface area contributed by atoms with Crippen LogP contribution >= 0.6 is 0 Å². The molecular weight excluding hydrogens is 206 g/mol. The van der Waals surface area contributed by atoms with Gasteiger partial charge in [-0.2, -0.15) is 0 Å². The van der Waals surface area contributed by atoms with Gasteiger partial charge in [0.1, 0.15) is 0 Å². The van der Waals surface area contributed by atoms with Crippen LogP contribution in [-0.2, 0) is 13.0 Å². The van der Waals surface area contributed by atoms with Crippen molar-refractivity contribution in [2.75, 3.05) is 0 Å². The SMILES string of the molecule is CCc1ccc2ccn(CC(CC)CC)c2c1. The minimum absolute atomic E-state index is 0.802. The molecule has 0 radical (unpaired) electrons. The van der Waals surface area contributed by atoms with Crippen LogP contribution in [0.5, 0.6) is 0 Å². The van der Waals surface area contributed by atoms with Gasteiger partial charge in [0.05, 0.1) is 0 Å². The Bertz CT molecular complexity index is 477. The van der Waals surface area contributed by atoms with Crippen LogP contribution in [0.3, 0.4) is 0 Å². The van der Waals surface area contributed by atoms with Crippen LogP contribution in [0.4, 0.5) is 0 Å². The lowest BCUT2D eigenvalue weighted by Crippen LogP contribution is -2.08. The standard InChI is InChI=1S/C16H23N/c1-4-13(5-2)12-17-10-9-15-8-7-14(6-3)11-16(15)17/h7-11,13H,4-6,12H2,1-3H3. The zero-order valence-electron chi connectivity index (χ0n) is 11.2. The van der Waals surface area contributed by atoms with Crippen molar-refractivity contribution in [2.45, 2.75) is 46.6 Å². The van der Waals surface area contributed by atoms with Crippen LogP contribution in [0.1, 0.15) is 39.2 Å². The van der Waals surface area contributed by atoms with Crippen LogP contribution < -0.4 is 0 Å². The number of nitrogens with zero attached hydrogens (tertiary/aromatic N) is 1. The largest absolute Gasteiger partial charge is 0.347 e. The predicted molar refractivity (Wildman–Crippen MR) is 75.4 cm³/mol. The van der Waals surface area contributed by atoms with Crippen molar-refractivity contribution in [3.63, 3.8) is 0 Å². The third-order valence-corrected chi connectivity index (χ3v) is 3.86. The Hall–Kier alpha value is -1.24. The monoisotopic (exact) mass is 229 g/mol. The van der Waals surface area contributed by atoms with Crippen molar-refractivity contribution in [3.05, 3.63) is 36.0 Å². The molecule has 0 bridgehead atoms. The highest BCUT2D eigenvalue weighted by Gasteiger charge is 2.07. The molecule has 0 unspecified atom stereocenters. The first kappa shape index (κ1) is 12.2. The topological polar surface area (TPSA) is 4.93 Å². The van der Waals surface area contributed by atoms with Crippen LogP contribution in [-0.4, -0.2) is 4.57 Å². The number of hydrogen-bond acceptors (Lipinski definition) is 0. The van der Waals surface area contributed by atoms with E-state index in [0.717, 1.165) is 18.9 Å². The summed E-state index contributed by atoms with van der Waals surface area (Å²) in [5.41, 5.74) is 2.83. The van der Waals surface area contributed by atoms with E-state index in [0.29, 0.717) is 0 Å². The van der Waals surface area contributed by atoms with Crippen molar-refractivity contribution in [3.8, 4) is 0 Å². The number of benzene rings is 1. The summed E-state index contributed by atoms with van der Waals surface area (Å²) in [7, 11) is 0. The lowest BCUT2D eigenvalue weighted by atomic mass is 10.0. The maximum Gasteiger partial charge on any atom is 0.0483 e. The third-order valence-electron chi connectivity index (χ3n) is 3.86. The predicted octanol–water partition coefficient (Wildman–Crippen LogP) is 4.64. The summed E-state index contributed by atoms with van der Waals surface area (Å²) in [4.78, 5) is 0. The number of hydrogen-bond donors (Lipinski definition) is 0. The summed E-state index contributed by atoms with van der Waals surface area (Å²) in [5, 5.41) is 1.37. The number of fused-ring (bicyclic) bond motifs is 1. The molecule has 0 saturated carbocycles. The molecule has 0 atom stereocenters. The summed E-state index contributed by atoms with van der Waals surface area (Å²) in [6.45, 7) is 7.95. The first-order chi connectivity index (χ1) is 8.28. The quantitative estimate of drug-likeness (QED) is 0.704. The van der Waals surface area contributed by atoms with Gasteiger partial charge < -0.3 is 4.57 Å². The van der Waals surface area contributed by atoms with Crippen molar-refractivity contribution < 1.29 is 0 Å². The molecule has 92 valence electrons. The second-order valence-corrected chi connectivity index (χ2v) is 4.90. The minimum atomic E-state index is 0.802. The van der Waals surface area contributed by atoms with E-state index in [1.807, 2.05) is 0 Å². The second-order valence-electron chi connectivity index (χ2n) is 4.90. The van der Waals surface area contributed by atoms with Gasteiger partial charge in [0.25, 0.3) is 0 Å². The molecule has 1 aromatic carbocycles. The molecule has 0 amide bonds. The Balaban J connectivity index is 2.33. The fraction of sp³-hybridized carbons (Fsp3) is 0.500. The van der Waals surface area contributed by atoms with Gasteiger partial charge in [0.2, 0.25) is 0 Å². The highest BCUT2D eigenvalue weighted by molar-refractivity contribution is 5.80. The molecule has 0 saturated heterocycles. The molecule has 1 nitrogen and oxygen atoms in total. The van der Waals surface area contributed by atoms with Crippen LogP contribution in [0.25, 0.3) is 10.9 Å². The van der Waals surface area contributed by atoms with Gasteiger partial charge in [-0.25, -0.2) is 0 Å². The summed E-state index contributed by atoms with van der Waals surface area (Å²) in [5.74, 6) is 0.802. The van der Waals surface area contributed by atoms with E-state index < -0.39 is 0 Å². The van der Waals surface area contributed by atoms with Gasteiger partial charge >= 0.3 is 0 Å². The molecule has 17 heavy (non-hydrogen) atoms. The van der Waals surface area contributed by atoms with E-state index >= 15 is 0 Å². The average molecular weight is 229 g/mol. The molecule has 0 spiro atoms. The minimum Gasteiger partial charge on any atom is -0.347 e. The molecule has 1 aromatic heterocycles. The van der Waals surface area contributed by atoms with Gasteiger partial charge in [-0.3, -0.25) is 0 Å². The lowest BCUT2D eigenvalue weighted by molar-refractivity contribution is 0.425. The van der Waals surface area contributed by atoms with Gasteiger partial charge in [-0.05, 0) is 35.4 Å². The van der Waals surface area contributed by atoms with Crippen molar-refractivity contribution in [2.24, 2.45) is 5.92 Å². The second kappa shape index (κ2) is 5.39. The van der Waals surface area contributed by atoms with E-state index in [-0.39, 0.29) is 0 Å². The summed E-state index contributed by atoms with van der Waals surface area (Å²) in [6, 6.07) is 9.07. The maximum atomic E-state index is 2.42. The molecule has 0 fully saturated rings. The van der Waals surface area contributed by atoms with Crippen molar-refractivity contribution in [1.82, 2.24) is 4.57 Å². The Morgan fingerprint density at radius 3 is 2.47 bits per heavy atom. The van der Waals surface area contributed by atoms with E-state index in [1.165, 1.54) is 29.3 Å². The molecule has 2 rings (SSSR count). The highest BCUT2D eigenvalue weighted by atomic mass is 15.0. The summed E-state index contributed by atoms with van der Waals surface area (Å²) < 4.78 is 2.42. The van der Waals surface area contributed by atoms with E-state index in [1.54, 1.807) is 0 Å². The molecule has 2 aromatic rings. The molecule has 0 aliphatic rings. The zero-order valence-corrected chi connectivity index (χ0v) is 11.2. The maximum absolute atomic E-state index is 2.42. The molecule has 0 aliphatic heterocycles. The first-order valence-electron chi connectivity index (χ1n) is 6.86. The smallest absolute Gasteiger partial charge is 0.0483 e. The van der Waals surface area contributed by atoms with Gasteiger partial charge in [-0.15, -0.1) is 0 Å². The van der Waals surface area contributed by atoms with Crippen molar-refractivity contribution in [1.29, 1.82) is 0 Å². The van der Waals surface area contributed by atoms with Gasteiger partial charge in [0.15, 0.2) is 0 Å². The molecule has 0 aliphatic carbocycles. The van der Waals surface area contributed by atoms with Crippen LogP contribution in [0.2, 0.25) is 0 Å². The van der Waals surface area contributed by atoms with E-state index in [4.69, 9.17) is 0 Å². The molecule has 1 heteroatoms. The summed E-state index contributed by atoms with van der Waals surface area (Å²) >= 11 is 0. The normalized spacial score (nSPS) is 11.5. The Labute approximate surface area is 104 Å².